The predicted molar refractivity (Wildman–Crippen MR) is 84.4 cm³/mol. The van der Waals surface area contributed by atoms with Crippen molar-refractivity contribution in [2.24, 2.45) is 0 Å². The van der Waals surface area contributed by atoms with Gasteiger partial charge in [-0.25, -0.2) is 0 Å². The Morgan fingerprint density at radius 2 is 2.33 bits per heavy atom. The van der Waals surface area contributed by atoms with E-state index in [1.807, 2.05) is 36.2 Å². The molecule has 2 rings (SSSR count). The van der Waals surface area contributed by atoms with Gasteiger partial charge in [0.1, 0.15) is 0 Å². The molecule has 5 heteroatoms. The Hall–Kier alpha value is -0.330. The summed E-state index contributed by atoms with van der Waals surface area (Å²) in [5.74, 6) is 0.168. The van der Waals surface area contributed by atoms with Crippen LogP contribution in [-0.4, -0.2) is 37.0 Å². The van der Waals surface area contributed by atoms with Crippen LogP contribution in [-0.2, 0) is 0 Å². The lowest BCUT2D eigenvalue weighted by Gasteiger charge is -2.24. The normalized spacial score (nSPS) is 18.6. The van der Waals surface area contributed by atoms with Gasteiger partial charge in [-0.1, -0.05) is 6.07 Å². The van der Waals surface area contributed by atoms with E-state index in [-0.39, 0.29) is 18.3 Å². The van der Waals surface area contributed by atoms with Crippen LogP contribution in [0.15, 0.2) is 24.3 Å². The zero-order valence-corrected chi connectivity index (χ0v) is 13.3. The van der Waals surface area contributed by atoms with Crippen molar-refractivity contribution in [3.05, 3.63) is 33.4 Å². The molecule has 1 saturated heterocycles. The summed E-state index contributed by atoms with van der Waals surface area (Å²) in [6.45, 7) is 1.77. The molecule has 1 amide bonds. The first kappa shape index (κ1) is 15.7. The van der Waals surface area contributed by atoms with Crippen molar-refractivity contribution in [1.82, 2.24) is 10.2 Å². The fraction of sp³-hybridized carbons (Fsp3) is 0.462. The van der Waals surface area contributed by atoms with Crippen LogP contribution in [0.1, 0.15) is 23.2 Å². The predicted octanol–water partition coefficient (Wildman–Crippen LogP) is 2.54. The molecule has 3 nitrogen and oxygen atoms in total. The van der Waals surface area contributed by atoms with E-state index in [2.05, 4.69) is 27.9 Å². The number of carbonyl (C=O) groups is 1. The fourth-order valence-electron chi connectivity index (χ4n) is 2.34. The number of benzene rings is 1. The van der Waals surface area contributed by atoms with Gasteiger partial charge >= 0.3 is 0 Å². The molecule has 100 valence electrons. The smallest absolute Gasteiger partial charge is 0.254 e. The third-order valence-electron chi connectivity index (χ3n) is 3.15. The number of likely N-dealkylation sites (tertiary alicyclic amines) is 1. The van der Waals surface area contributed by atoms with Gasteiger partial charge in [-0.3, -0.25) is 4.79 Å². The molecule has 1 N–H and O–H groups in total. The maximum absolute atomic E-state index is 12.4. The van der Waals surface area contributed by atoms with Crippen LogP contribution in [0.25, 0.3) is 0 Å². The van der Waals surface area contributed by atoms with Crippen molar-refractivity contribution in [3.63, 3.8) is 0 Å². The van der Waals surface area contributed by atoms with Crippen molar-refractivity contribution in [2.45, 2.75) is 18.9 Å². The summed E-state index contributed by atoms with van der Waals surface area (Å²) in [4.78, 5) is 14.4. The number of hydrogen-bond donors (Lipinski definition) is 1. The number of hydrogen-bond acceptors (Lipinski definition) is 2. The number of likely N-dealkylation sites (N-methyl/N-ethyl adjacent to an activating group) is 1. The summed E-state index contributed by atoms with van der Waals surface area (Å²) < 4.78 is 1.11. The van der Waals surface area contributed by atoms with Gasteiger partial charge in [-0.05, 0) is 60.7 Å². The highest BCUT2D eigenvalue weighted by Gasteiger charge is 2.28. The number of carbonyl (C=O) groups excluding carboxylic acids is 1. The summed E-state index contributed by atoms with van der Waals surface area (Å²) in [5.41, 5.74) is 0.805. The number of halogens is 2. The molecule has 1 aliphatic rings. The van der Waals surface area contributed by atoms with Crippen LogP contribution in [0.5, 0.6) is 0 Å². The first-order chi connectivity index (χ1) is 8.22. The molecule has 1 heterocycles. The number of amides is 1. The molecule has 0 saturated carbocycles. The van der Waals surface area contributed by atoms with Gasteiger partial charge in [0.05, 0.1) is 0 Å². The van der Waals surface area contributed by atoms with Crippen molar-refractivity contribution in [3.8, 4) is 0 Å². The average Bonchev–Trinajstić information content (AvgIpc) is 2.77. The van der Waals surface area contributed by atoms with Crippen molar-refractivity contribution >= 4 is 40.9 Å². The highest BCUT2D eigenvalue weighted by molar-refractivity contribution is 14.1. The van der Waals surface area contributed by atoms with E-state index in [0.717, 1.165) is 35.1 Å². The van der Waals surface area contributed by atoms with E-state index in [4.69, 9.17) is 0 Å². The molecule has 1 fully saturated rings. The molecule has 0 bridgehead atoms. The number of rotatable bonds is 3. The van der Waals surface area contributed by atoms with Crippen LogP contribution >= 0.6 is 35.0 Å². The van der Waals surface area contributed by atoms with E-state index in [0.29, 0.717) is 6.04 Å². The Kier molecular flexibility index (Phi) is 6.38. The molecular weight excluding hydrogens is 363 g/mol. The Bertz CT molecular complexity index is 414. The van der Waals surface area contributed by atoms with E-state index in [1.54, 1.807) is 0 Å². The molecule has 1 aromatic rings. The Morgan fingerprint density at radius 1 is 1.56 bits per heavy atom. The zero-order chi connectivity index (χ0) is 12.3. The van der Waals surface area contributed by atoms with E-state index < -0.39 is 0 Å². The zero-order valence-electron chi connectivity index (χ0n) is 10.4. The van der Waals surface area contributed by atoms with Crippen molar-refractivity contribution in [2.75, 3.05) is 20.1 Å². The molecule has 1 aliphatic heterocycles. The molecule has 1 aromatic carbocycles. The summed E-state index contributed by atoms with van der Waals surface area (Å²) in [6.07, 6.45) is 2.22. The Morgan fingerprint density at radius 3 is 3.00 bits per heavy atom. The largest absolute Gasteiger partial charge is 0.334 e. The minimum absolute atomic E-state index is 0. The van der Waals surface area contributed by atoms with Crippen LogP contribution in [0.4, 0.5) is 0 Å². The number of nitrogens with zero attached hydrogens (tertiary/aromatic N) is 1. The lowest BCUT2D eigenvalue weighted by molar-refractivity contribution is 0.0737. The van der Waals surface area contributed by atoms with Crippen LogP contribution in [0.3, 0.4) is 0 Å². The summed E-state index contributed by atoms with van der Waals surface area (Å²) in [7, 11) is 1.94. The van der Waals surface area contributed by atoms with Gasteiger partial charge in [0, 0.05) is 28.3 Å². The summed E-state index contributed by atoms with van der Waals surface area (Å²) in [5, 5.41) is 3.16. The molecule has 0 aliphatic carbocycles. The third-order valence-corrected chi connectivity index (χ3v) is 3.82. The van der Waals surface area contributed by atoms with Crippen molar-refractivity contribution in [1.29, 1.82) is 0 Å². The van der Waals surface area contributed by atoms with Gasteiger partial charge in [0.15, 0.2) is 0 Å². The molecule has 1 atom stereocenters. The van der Waals surface area contributed by atoms with Gasteiger partial charge in [-0.15, -0.1) is 12.4 Å². The van der Waals surface area contributed by atoms with E-state index >= 15 is 0 Å². The van der Waals surface area contributed by atoms with E-state index in [9.17, 15) is 4.79 Å². The van der Waals surface area contributed by atoms with Gasteiger partial charge in [0.25, 0.3) is 5.91 Å². The quantitative estimate of drug-likeness (QED) is 0.818. The lowest BCUT2D eigenvalue weighted by atomic mass is 10.1. The second-order valence-corrected chi connectivity index (χ2v) is 5.61. The molecule has 0 spiro atoms. The van der Waals surface area contributed by atoms with Crippen LogP contribution < -0.4 is 5.32 Å². The minimum atomic E-state index is 0. The second-order valence-electron chi connectivity index (χ2n) is 4.36. The Balaban J connectivity index is 0.00000162. The lowest BCUT2D eigenvalue weighted by Crippen LogP contribution is -2.40. The fourth-order valence-corrected chi connectivity index (χ4v) is 2.88. The highest BCUT2D eigenvalue weighted by atomic mass is 127. The first-order valence-electron chi connectivity index (χ1n) is 5.93. The molecule has 0 aromatic heterocycles. The second kappa shape index (κ2) is 7.31. The van der Waals surface area contributed by atoms with E-state index in [1.165, 1.54) is 0 Å². The topological polar surface area (TPSA) is 32.3 Å². The summed E-state index contributed by atoms with van der Waals surface area (Å²) in [6, 6.07) is 8.16. The molecule has 0 radical (unpaired) electrons. The highest BCUT2D eigenvalue weighted by Crippen LogP contribution is 2.20. The van der Waals surface area contributed by atoms with Crippen LogP contribution in [0.2, 0.25) is 0 Å². The first-order valence-corrected chi connectivity index (χ1v) is 7.01. The Labute approximate surface area is 128 Å². The third kappa shape index (κ3) is 3.59. The van der Waals surface area contributed by atoms with Crippen LogP contribution in [0, 0.1) is 3.57 Å². The molecule has 1 unspecified atom stereocenters. The van der Waals surface area contributed by atoms with Gasteiger partial charge in [-0.2, -0.15) is 0 Å². The maximum Gasteiger partial charge on any atom is 0.254 e. The summed E-state index contributed by atoms with van der Waals surface area (Å²) >= 11 is 2.24. The SMILES string of the molecule is CNCC1CCCN1C(=O)c1cccc(I)c1.Cl. The molecule has 18 heavy (non-hydrogen) atoms. The standard InChI is InChI=1S/C13H17IN2O.ClH/c1-15-9-12-6-3-7-16(12)13(17)10-4-2-5-11(14)8-10;/h2,4-5,8,12,15H,3,6-7,9H2,1H3;1H. The van der Waals surface area contributed by atoms with Gasteiger partial charge in [0.2, 0.25) is 0 Å². The minimum Gasteiger partial charge on any atom is -0.334 e. The average molecular weight is 381 g/mol. The van der Waals surface area contributed by atoms with Crippen molar-refractivity contribution < 1.29 is 4.79 Å². The van der Waals surface area contributed by atoms with Gasteiger partial charge < -0.3 is 10.2 Å². The number of nitrogens with one attached hydrogen (secondary N) is 1. The maximum atomic E-state index is 12.4. The molecular formula is C13H18ClIN2O. The monoisotopic (exact) mass is 380 g/mol.